The Morgan fingerprint density at radius 1 is 1.36 bits per heavy atom. The molecule has 0 spiro atoms. The van der Waals surface area contributed by atoms with Crippen LogP contribution in [0.1, 0.15) is 12.5 Å². The van der Waals surface area contributed by atoms with Crippen molar-refractivity contribution in [2.45, 2.75) is 13.3 Å². The summed E-state index contributed by atoms with van der Waals surface area (Å²) in [5.41, 5.74) is 2.34. The summed E-state index contributed by atoms with van der Waals surface area (Å²) in [6, 6.07) is 4.15. The average molecular weight is 321 g/mol. The van der Waals surface area contributed by atoms with E-state index in [1.54, 1.807) is 18.4 Å². The zero-order valence-electron chi connectivity index (χ0n) is 13.2. The Labute approximate surface area is 135 Å². The summed E-state index contributed by atoms with van der Waals surface area (Å²) in [7, 11) is 1.71. The Bertz CT molecular complexity index is 623. The van der Waals surface area contributed by atoms with Crippen molar-refractivity contribution in [2.75, 3.05) is 51.8 Å². The number of hydrogen-bond acceptors (Lipinski definition) is 6. The maximum atomic E-state index is 5.37. The Morgan fingerprint density at radius 2 is 2.18 bits per heavy atom. The zero-order valence-corrected chi connectivity index (χ0v) is 14.0. The van der Waals surface area contributed by atoms with E-state index in [0.717, 1.165) is 62.2 Å². The molecule has 2 aromatic rings. The van der Waals surface area contributed by atoms with E-state index < -0.39 is 0 Å². The van der Waals surface area contributed by atoms with Crippen LogP contribution in [0, 0.1) is 0 Å². The van der Waals surface area contributed by atoms with Gasteiger partial charge in [0.25, 0.3) is 0 Å². The van der Waals surface area contributed by atoms with Crippen LogP contribution in [-0.4, -0.2) is 56.4 Å². The smallest absolute Gasteiger partial charge is 0.183 e. The minimum Gasteiger partial charge on any atom is -0.497 e. The Balaban J connectivity index is 1.66. The third kappa shape index (κ3) is 3.51. The molecule has 120 valence electrons. The maximum Gasteiger partial charge on any atom is 0.183 e. The molecule has 6 heteroatoms. The minimum atomic E-state index is 0.848. The fourth-order valence-corrected chi connectivity index (χ4v) is 3.65. The number of morpholine rings is 1. The molecule has 1 saturated heterocycles. The molecule has 5 nitrogen and oxygen atoms in total. The predicted molar refractivity (Wildman–Crippen MR) is 91.3 cm³/mol. The van der Waals surface area contributed by atoms with Crippen LogP contribution < -0.4 is 10.1 Å². The number of thiazole rings is 1. The number of aromatic nitrogens is 1. The van der Waals surface area contributed by atoms with Gasteiger partial charge in [0.15, 0.2) is 5.13 Å². The first-order chi connectivity index (χ1) is 10.8. The molecule has 3 rings (SSSR count). The van der Waals surface area contributed by atoms with Gasteiger partial charge in [-0.1, -0.05) is 18.3 Å². The van der Waals surface area contributed by atoms with Gasteiger partial charge in [-0.25, -0.2) is 4.98 Å². The van der Waals surface area contributed by atoms with Crippen molar-refractivity contribution in [1.82, 2.24) is 9.88 Å². The molecule has 0 bridgehead atoms. The quantitative estimate of drug-likeness (QED) is 0.886. The topological polar surface area (TPSA) is 46.6 Å². The maximum absolute atomic E-state index is 5.37. The lowest BCUT2D eigenvalue weighted by atomic mass is 10.1. The monoisotopic (exact) mass is 321 g/mol. The first kappa shape index (κ1) is 15.5. The Hall–Kier alpha value is -1.37. The predicted octanol–water partition coefficient (Wildman–Crippen LogP) is 2.61. The second kappa shape index (κ2) is 7.26. The summed E-state index contributed by atoms with van der Waals surface area (Å²) < 4.78 is 11.9. The first-order valence-electron chi connectivity index (χ1n) is 7.81. The number of aryl methyl sites for hydroxylation is 1. The lowest BCUT2D eigenvalue weighted by Crippen LogP contribution is -2.38. The molecular formula is C16H23N3O2S. The highest BCUT2D eigenvalue weighted by Crippen LogP contribution is 2.32. The number of nitrogens with one attached hydrogen (secondary N) is 1. The highest BCUT2D eigenvalue weighted by atomic mass is 32.1. The highest BCUT2D eigenvalue weighted by molar-refractivity contribution is 7.22. The van der Waals surface area contributed by atoms with Crippen molar-refractivity contribution >= 4 is 26.7 Å². The van der Waals surface area contributed by atoms with Crippen molar-refractivity contribution < 1.29 is 9.47 Å². The molecule has 22 heavy (non-hydrogen) atoms. The summed E-state index contributed by atoms with van der Waals surface area (Å²) in [6.45, 7) is 7.85. The van der Waals surface area contributed by atoms with Crippen LogP contribution >= 0.6 is 11.3 Å². The van der Waals surface area contributed by atoms with Gasteiger partial charge in [-0.2, -0.15) is 0 Å². The largest absolute Gasteiger partial charge is 0.497 e. The highest BCUT2D eigenvalue weighted by Gasteiger charge is 2.12. The number of hydrogen-bond donors (Lipinski definition) is 1. The molecule has 0 amide bonds. The van der Waals surface area contributed by atoms with E-state index in [4.69, 9.17) is 14.5 Å². The van der Waals surface area contributed by atoms with E-state index in [9.17, 15) is 0 Å². The number of ether oxygens (including phenoxy) is 2. The molecule has 1 aliphatic rings. The molecule has 1 aromatic carbocycles. The molecule has 1 fully saturated rings. The number of fused-ring (bicyclic) bond motifs is 1. The molecule has 0 saturated carbocycles. The summed E-state index contributed by atoms with van der Waals surface area (Å²) in [4.78, 5) is 7.17. The zero-order chi connectivity index (χ0) is 15.4. The molecule has 1 aromatic heterocycles. The fourth-order valence-electron chi connectivity index (χ4n) is 2.68. The lowest BCUT2D eigenvalue weighted by Gasteiger charge is -2.26. The standard InChI is InChI=1S/C16H23N3O2S/c1-3-12-10-13(20-2)11-14-15(12)18-16(22-14)17-4-5-19-6-8-21-9-7-19/h10-11H,3-9H2,1-2H3,(H,17,18). The molecule has 0 atom stereocenters. The second-order valence-electron chi connectivity index (χ2n) is 5.39. The van der Waals surface area contributed by atoms with E-state index in [1.807, 2.05) is 0 Å². The van der Waals surface area contributed by atoms with Crippen LogP contribution in [0.15, 0.2) is 12.1 Å². The third-order valence-electron chi connectivity index (χ3n) is 3.97. The van der Waals surface area contributed by atoms with Gasteiger partial charge in [-0.15, -0.1) is 0 Å². The molecule has 0 aliphatic carbocycles. The molecule has 2 heterocycles. The molecular weight excluding hydrogens is 298 g/mol. The summed E-state index contributed by atoms with van der Waals surface area (Å²) >= 11 is 1.70. The molecule has 0 unspecified atom stereocenters. The van der Waals surface area contributed by atoms with Crippen LogP contribution in [0.3, 0.4) is 0 Å². The molecule has 1 aliphatic heterocycles. The van der Waals surface area contributed by atoms with Gasteiger partial charge in [-0.3, -0.25) is 4.90 Å². The van der Waals surface area contributed by atoms with Crippen LogP contribution in [0.2, 0.25) is 0 Å². The van der Waals surface area contributed by atoms with Gasteiger partial charge in [0.05, 0.1) is 30.5 Å². The average Bonchev–Trinajstić information content (AvgIpc) is 2.97. The second-order valence-corrected chi connectivity index (χ2v) is 6.42. The van der Waals surface area contributed by atoms with Crippen molar-refractivity contribution in [3.05, 3.63) is 17.7 Å². The summed E-state index contributed by atoms with van der Waals surface area (Å²) in [5.74, 6) is 0.910. The first-order valence-corrected chi connectivity index (χ1v) is 8.63. The van der Waals surface area contributed by atoms with Gasteiger partial charge in [0, 0.05) is 26.2 Å². The van der Waals surface area contributed by atoms with E-state index in [0.29, 0.717) is 0 Å². The van der Waals surface area contributed by atoms with E-state index in [1.165, 1.54) is 10.3 Å². The van der Waals surface area contributed by atoms with Gasteiger partial charge in [0.1, 0.15) is 5.75 Å². The normalized spacial score (nSPS) is 16.1. The van der Waals surface area contributed by atoms with E-state index >= 15 is 0 Å². The van der Waals surface area contributed by atoms with Crippen LogP contribution in [0.25, 0.3) is 10.2 Å². The van der Waals surface area contributed by atoms with Gasteiger partial charge in [0.2, 0.25) is 0 Å². The SMILES string of the molecule is CCc1cc(OC)cc2sc(NCCN3CCOCC3)nc12. The minimum absolute atomic E-state index is 0.848. The van der Waals surface area contributed by atoms with Crippen LogP contribution in [-0.2, 0) is 11.2 Å². The van der Waals surface area contributed by atoms with E-state index in [-0.39, 0.29) is 0 Å². The number of methoxy groups -OCH3 is 1. The molecule has 1 N–H and O–H groups in total. The fraction of sp³-hybridized carbons (Fsp3) is 0.562. The Kier molecular flexibility index (Phi) is 5.12. The van der Waals surface area contributed by atoms with Crippen molar-refractivity contribution in [3.63, 3.8) is 0 Å². The van der Waals surface area contributed by atoms with Crippen molar-refractivity contribution in [1.29, 1.82) is 0 Å². The lowest BCUT2D eigenvalue weighted by molar-refractivity contribution is 0.0398. The number of anilines is 1. The van der Waals surface area contributed by atoms with Crippen LogP contribution in [0.4, 0.5) is 5.13 Å². The van der Waals surface area contributed by atoms with Crippen molar-refractivity contribution in [2.24, 2.45) is 0 Å². The summed E-state index contributed by atoms with van der Waals surface area (Å²) in [5, 5.41) is 4.45. The number of benzene rings is 1. The Morgan fingerprint density at radius 3 is 2.91 bits per heavy atom. The number of rotatable bonds is 6. The number of nitrogens with zero attached hydrogens (tertiary/aromatic N) is 2. The van der Waals surface area contributed by atoms with Crippen LogP contribution in [0.5, 0.6) is 5.75 Å². The summed E-state index contributed by atoms with van der Waals surface area (Å²) in [6.07, 6.45) is 0.963. The van der Waals surface area contributed by atoms with E-state index in [2.05, 4.69) is 29.3 Å². The third-order valence-corrected chi connectivity index (χ3v) is 4.93. The van der Waals surface area contributed by atoms with Gasteiger partial charge < -0.3 is 14.8 Å². The van der Waals surface area contributed by atoms with Crippen molar-refractivity contribution in [3.8, 4) is 5.75 Å². The molecule has 0 radical (unpaired) electrons. The van der Waals surface area contributed by atoms with Gasteiger partial charge in [-0.05, 0) is 24.1 Å². The van der Waals surface area contributed by atoms with Gasteiger partial charge >= 0.3 is 0 Å².